The number of carbonyl (C=O) groups excluding carboxylic acids is 2. The molecule has 0 bridgehead atoms. The highest BCUT2D eigenvalue weighted by Gasteiger charge is 2.29. The van der Waals surface area contributed by atoms with Crippen LogP contribution in [0.5, 0.6) is 0 Å². The van der Waals surface area contributed by atoms with Gasteiger partial charge in [0.15, 0.2) is 0 Å². The van der Waals surface area contributed by atoms with Crippen LogP contribution < -0.4 is 11.1 Å². The van der Waals surface area contributed by atoms with Crippen LogP contribution in [0, 0.1) is 11.3 Å². The summed E-state index contributed by atoms with van der Waals surface area (Å²) in [5.41, 5.74) is 5.43. The minimum atomic E-state index is -0.616. The second-order valence-corrected chi connectivity index (χ2v) is 5.34. The molecule has 0 aliphatic heterocycles. The number of hydrogen-bond acceptors (Lipinski definition) is 3. The van der Waals surface area contributed by atoms with Gasteiger partial charge in [0, 0.05) is 0 Å². The molecule has 1 amide bonds. The monoisotopic (exact) mass is 227 g/mol. The number of hydrogen-bond donors (Lipinski definition) is 2. The van der Waals surface area contributed by atoms with Crippen LogP contribution in [0.15, 0.2) is 0 Å². The van der Waals surface area contributed by atoms with Crippen LogP contribution in [-0.2, 0) is 9.59 Å². The molecule has 0 saturated carbocycles. The van der Waals surface area contributed by atoms with Crippen molar-refractivity contribution in [3.05, 3.63) is 0 Å². The number of carbonyl (C=O) groups is 1. The van der Waals surface area contributed by atoms with Crippen molar-refractivity contribution in [1.82, 2.24) is 5.32 Å². The summed E-state index contributed by atoms with van der Waals surface area (Å²) in [5.74, 6) is -0.176. The first-order valence-electron chi connectivity index (χ1n) is 5.67. The summed E-state index contributed by atoms with van der Waals surface area (Å²) in [5, 5.41) is 2.63. The molecule has 0 aliphatic rings. The van der Waals surface area contributed by atoms with E-state index in [1.807, 2.05) is 40.9 Å². The fourth-order valence-electron chi connectivity index (χ4n) is 1.17. The molecule has 0 saturated heterocycles. The van der Waals surface area contributed by atoms with E-state index in [1.165, 1.54) is 0 Å². The summed E-state index contributed by atoms with van der Waals surface area (Å²) in [6, 6.07) is -1.18. The molecule has 4 nitrogen and oxygen atoms in total. The molecule has 0 aliphatic carbocycles. The van der Waals surface area contributed by atoms with E-state index >= 15 is 0 Å². The van der Waals surface area contributed by atoms with Crippen LogP contribution in [0.2, 0.25) is 0 Å². The Morgan fingerprint density at radius 3 is 2.25 bits per heavy atom. The third-order valence-corrected chi connectivity index (χ3v) is 2.83. The summed E-state index contributed by atoms with van der Waals surface area (Å²) < 4.78 is 0. The third-order valence-electron chi connectivity index (χ3n) is 2.83. The molecule has 1 radical (unpaired) electrons. The molecule has 0 unspecified atom stereocenters. The quantitative estimate of drug-likeness (QED) is 0.736. The normalized spacial score (nSPS) is 17.4. The van der Waals surface area contributed by atoms with Crippen molar-refractivity contribution in [2.75, 3.05) is 0 Å². The molecule has 0 heterocycles. The van der Waals surface area contributed by atoms with Crippen LogP contribution in [0.4, 0.5) is 0 Å². The number of amides is 1. The SMILES string of the molecule is CC[C@H](C)[C@H](N)C(=O)N[C@H]([C]=O)C(C)(C)C. The Labute approximate surface area is 98.0 Å². The number of nitrogens with one attached hydrogen (secondary N) is 1. The maximum Gasteiger partial charge on any atom is 0.237 e. The molecule has 93 valence electrons. The minimum Gasteiger partial charge on any atom is -0.344 e. The summed E-state index contributed by atoms with van der Waals surface area (Å²) >= 11 is 0. The van der Waals surface area contributed by atoms with Gasteiger partial charge < -0.3 is 11.1 Å². The van der Waals surface area contributed by atoms with E-state index < -0.39 is 12.1 Å². The van der Waals surface area contributed by atoms with Crippen molar-refractivity contribution in [3.63, 3.8) is 0 Å². The van der Waals surface area contributed by atoms with Gasteiger partial charge in [-0.25, -0.2) is 0 Å². The lowest BCUT2D eigenvalue weighted by Gasteiger charge is -2.28. The van der Waals surface area contributed by atoms with Crippen LogP contribution in [0.1, 0.15) is 41.0 Å². The highest BCUT2D eigenvalue weighted by Crippen LogP contribution is 2.18. The van der Waals surface area contributed by atoms with E-state index in [0.717, 1.165) is 6.42 Å². The van der Waals surface area contributed by atoms with Gasteiger partial charge in [0.05, 0.1) is 6.04 Å². The molecular formula is C12H23N2O2. The van der Waals surface area contributed by atoms with Crippen molar-refractivity contribution >= 4 is 12.2 Å². The molecule has 0 fully saturated rings. The lowest BCUT2D eigenvalue weighted by molar-refractivity contribution is -0.124. The van der Waals surface area contributed by atoms with Gasteiger partial charge >= 0.3 is 0 Å². The first-order chi connectivity index (χ1) is 7.23. The summed E-state index contributed by atoms with van der Waals surface area (Å²) in [7, 11) is 0. The Morgan fingerprint density at radius 2 is 1.94 bits per heavy atom. The molecule has 3 atom stereocenters. The van der Waals surface area contributed by atoms with Crippen LogP contribution in [0.25, 0.3) is 0 Å². The van der Waals surface area contributed by atoms with Crippen LogP contribution in [0.3, 0.4) is 0 Å². The predicted octanol–water partition coefficient (Wildman–Crippen LogP) is 1.00. The zero-order valence-corrected chi connectivity index (χ0v) is 10.8. The second-order valence-electron chi connectivity index (χ2n) is 5.34. The summed E-state index contributed by atoms with van der Waals surface area (Å²) in [6.45, 7) is 9.51. The highest BCUT2D eigenvalue weighted by atomic mass is 16.2. The van der Waals surface area contributed by atoms with Gasteiger partial charge in [-0.1, -0.05) is 41.0 Å². The molecule has 4 heteroatoms. The second kappa shape index (κ2) is 5.99. The Bertz CT molecular complexity index is 246. The zero-order valence-electron chi connectivity index (χ0n) is 10.8. The van der Waals surface area contributed by atoms with Gasteiger partial charge in [-0.3, -0.25) is 9.59 Å². The fraction of sp³-hybridized carbons (Fsp3) is 0.833. The van der Waals surface area contributed by atoms with E-state index in [1.54, 1.807) is 0 Å². The van der Waals surface area contributed by atoms with E-state index in [4.69, 9.17) is 5.73 Å². The van der Waals surface area contributed by atoms with Crippen LogP contribution >= 0.6 is 0 Å². The Morgan fingerprint density at radius 1 is 1.44 bits per heavy atom. The molecule has 0 aromatic carbocycles. The molecule has 0 spiro atoms. The summed E-state index contributed by atoms with van der Waals surface area (Å²) in [6.07, 6.45) is 2.68. The standard InChI is InChI=1S/C12H23N2O2/c1-6-8(2)10(13)11(16)14-9(7-15)12(3,4)5/h8-10H,6,13H2,1-5H3,(H,14,16)/t8-,9+,10-/m0/s1. The van der Waals surface area contributed by atoms with E-state index in [-0.39, 0.29) is 17.2 Å². The average Bonchev–Trinajstić information content (AvgIpc) is 2.21. The van der Waals surface area contributed by atoms with Gasteiger partial charge in [-0.05, 0) is 11.3 Å². The van der Waals surface area contributed by atoms with Gasteiger partial charge in [0.1, 0.15) is 6.04 Å². The lowest BCUT2D eigenvalue weighted by Crippen LogP contribution is -2.52. The molecule has 16 heavy (non-hydrogen) atoms. The third kappa shape index (κ3) is 4.31. The molecule has 0 aromatic rings. The molecule has 3 N–H and O–H groups in total. The zero-order chi connectivity index (χ0) is 12.9. The van der Waals surface area contributed by atoms with Gasteiger partial charge in [0.25, 0.3) is 0 Å². The first-order valence-corrected chi connectivity index (χ1v) is 5.67. The van der Waals surface area contributed by atoms with Crippen LogP contribution in [-0.4, -0.2) is 24.3 Å². The molecule has 0 aromatic heterocycles. The van der Waals surface area contributed by atoms with Crippen molar-refractivity contribution in [3.8, 4) is 0 Å². The van der Waals surface area contributed by atoms with Gasteiger partial charge in [-0.15, -0.1) is 0 Å². The smallest absolute Gasteiger partial charge is 0.237 e. The summed E-state index contributed by atoms with van der Waals surface area (Å²) in [4.78, 5) is 22.5. The number of nitrogens with two attached hydrogens (primary N) is 1. The average molecular weight is 227 g/mol. The minimum absolute atomic E-state index is 0.104. The van der Waals surface area contributed by atoms with Crippen molar-refractivity contribution < 1.29 is 9.59 Å². The molecular weight excluding hydrogens is 204 g/mol. The Kier molecular flexibility index (Phi) is 5.65. The van der Waals surface area contributed by atoms with Crippen molar-refractivity contribution in [2.45, 2.75) is 53.1 Å². The number of rotatable bonds is 5. The van der Waals surface area contributed by atoms with E-state index in [2.05, 4.69) is 5.32 Å². The molecule has 0 rings (SSSR count). The lowest BCUT2D eigenvalue weighted by atomic mass is 9.87. The van der Waals surface area contributed by atoms with Gasteiger partial charge in [0.2, 0.25) is 12.2 Å². The maximum atomic E-state index is 11.7. The topological polar surface area (TPSA) is 72.2 Å². The fourth-order valence-corrected chi connectivity index (χ4v) is 1.17. The van der Waals surface area contributed by atoms with Crippen molar-refractivity contribution in [1.29, 1.82) is 0 Å². The predicted molar refractivity (Wildman–Crippen MR) is 64.5 cm³/mol. The van der Waals surface area contributed by atoms with Gasteiger partial charge in [-0.2, -0.15) is 0 Å². The first kappa shape index (κ1) is 15.1. The maximum absolute atomic E-state index is 11.7. The highest BCUT2D eigenvalue weighted by molar-refractivity contribution is 5.84. The van der Waals surface area contributed by atoms with Crippen molar-refractivity contribution in [2.24, 2.45) is 17.1 Å². The van der Waals surface area contributed by atoms with E-state index in [0.29, 0.717) is 0 Å². The Balaban J connectivity index is 4.48. The largest absolute Gasteiger partial charge is 0.344 e. The Hall–Kier alpha value is -0.900. The van der Waals surface area contributed by atoms with E-state index in [9.17, 15) is 9.59 Å².